The number of aromatic amines is 1. The quantitative estimate of drug-likeness (QED) is 0.0257. The fraction of sp³-hybridized carbons (Fsp3) is 0.485. The molecule has 568 valence electrons. The van der Waals surface area contributed by atoms with Crippen LogP contribution >= 0.6 is 21.6 Å². The lowest BCUT2D eigenvalue weighted by Gasteiger charge is -2.31. The van der Waals surface area contributed by atoms with Gasteiger partial charge < -0.3 is 99.8 Å². The lowest BCUT2D eigenvalue weighted by atomic mass is 10.0. The fourth-order valence-corrected chi connectivity index (χ4v) is 13.1. The number of aromatic nitrogens is 1. The van der Waals surface area contributed by atoms with E-state index in [4.69, 9.17) is 26.5 Å². The molecule has 12 atom stereocenters. The molecule has 38 heteroatoms. The number of alkyl halides is 3. The molecule has 0 bridgehead atoms. The van der Waals surface area contributed by atoms with Crippen molar-refractivity contribution in [3.63, 3.8) is 0 Å². The Balaban J connectivity index is 0.00000263. The summed E-state index contributed by atoms with van der Waals surface area (Å²) >= 11 is 0. The number of unbranched alkanes of at least 4 members (excludes halogenated alkanes) is 1. The number of carboxylic acids is 4. The van der Waals surface area contributed by atoms with Crippen LogP contribution in [0.4, 0.5) is 13.2 Å². The minimum absolute atomic E-state index is 0.0443. The minimum atomic E-state index is -5.08. The van der Waals surface area contributed by atoms with Crippen LogP contribution in [0.15, 0.2) is 85.1 Å². The molecule has 2 fully saturated rings. The third kappa shape index (κ3) is 26.6. The summed E-state index contributed by atoms with van der Waals surface area (Å²) in [5, 5.41) is 81.2. The number of rotatable bonds is 27. The number of amides is 10. The van der Waals surface area contributed by atoms with Crippen LogP contribution in [0, 0.1) is 5.92 Å². The summed E-state index contributed by atoms with van der Waals surface area (Å²) < 4.78 is 31.7. The molecule has 0 spiro atoms. The summed E-state index contributed by atoms with van der Waals surface area (Å²) in [7, 11) is 1.65. The van der Waals surface area contributed by atoms with Gasteiger partial charge in [0.1, 0.15) is 66.2 Å². The third-order valence-corrected chi connectivity index (χ3v) is 18.9. The van der Waals surface area contributed by atoms with Crippen LogP contribution in [-0.2, 0) is 86.4 Å². The average Bonchev–Trinajstić information content (AvgIpc) is 1.63. The largest absolute Gasteiger partial charge is 0.508 e. The normalized spacial score (nSPS) is 20.9. The summed E-state index contributed by atoms with van der Waals surface area (Å²) in [6, 6.07) is 3.64. The summed E-state index contributed by atoms with van der Waals surface area (Å²) in [6.07, 6.45) is -6.93. The molecule has 2 saturated heterocycles. The Morgan fingerprint density at radius 1 is 0.654 bits per heavy atom. The molecule has 6 rings (SSSR count). The van der Waals surface area contributed by atoms with E-state index in [-0.39, 0.29) is 70.2 Å². The number of carbonyl (C=O) groups excluding carboxylic acids is 10. The molecular weight excluding hydrogens is 1420 g/mol. The maximum absolute atomic E-state index is 15.1. The molecule has 12 unspecified atom stereocenters. The first-order valence-corrected chi connectivity index (χ1v) is 35.3. The molecule has 0 saturated carbocycles. The highest BCUT2D eigenvalue weighted by Gasteiger charge is 2.43. The van der Waals surface area contributed by atoms with E-state index in [1.54, 1.807) is 60.8 Å². The van der Waals surface area contributed by atoms with Crippen LogP contribution in [0.25, 0.3) is 10.9 Å². The smallest absolute Gasteiger partial charge is 0.490 e. The van der Waals surface area contributed by atoms with Crippen LogP contribution in [0.3, 0.4) is 0 Å². The number of phenolic OH excluding ortho intramolecular Hbond substituents is 1. The van der Waals surface area contributed by atoms with Crippen LogP contribution in [0.2, 0.25) is 0 Å². The molecule has 10 amide bonds. The van der Waals surface area contributed by atoms with Crippen LogP contribution in [-0.4, -0.2) is 227 Å². The zero-order valence-corrected chi connectivity index (χ0v) is 58.3. The highest BCUT2D eigenvalue weighted by Crippen LogP contribution is 2.26. The Morgan fingerprint density at radius 2 is 1.21 bits per heavy atom. The molecule has 3 aromatic carbocycles. The number of fused-ring (bicyclic) bond motifs is 1. The molecule has 0 radical (unpaired) electrons. The zero-order chi connectivity index (χ0) is 77.1. The molecule has 1 aromatic heterocycles. The number of aliphatic hydroxyl groups excluding tert-OH is 1. The molecule has 4 aromatic rings. The average molecular weight is 1500 g/mol. The number of hydrogen-bond acceptors (Lipinski definition) is 20. The first-order chi connectivity index (χ1) is 49.1. The molecule has 2 aliphatic heterocycles. The summed E-state index contributed by atoms with van der Waals surface area (Å²) in [4.78, 5) is 194. The van der Waals surface area contributed by atoms with Crippen molar-refractivity contribution in [3.8, 4) is 5.75 Å². The van der Waals surface area contributed by atoms with Gasteiger partial charge in [0.25, 0.3) is 0 Å². The SMILES string of the molecule is CC(C)C(NC(=O)C1CSSCC(NC(=O)C(CC(=O)O)NC(=O)C2CCCN2C(=O)C(NC(=O)C(N)CCC(=O)O)C(C)O)C(=O)NC(Cc2ccccc2)C(=O)NC(Cc2c[nH]c3ccccc23)C(=O)NC(CCCCN)C(=O)NC(Cc2ccc(O)cc2)C(=O)N1)C(=O)O.O=C(O)C(F)(F)F. The maximum atomic E-state index is 15.1. The number of nitrogens with zero attached hydrogens (tertiary/aromatic N) is 1. The van der Waals surface area contributed by atoms with Gasteiger partial charge in [-0.3, -0.25) is 57.5 Å². The second-order valence-corrected chi connectivity index (χ2v) is 27.4. The highest BCUT2D eigenvalue weighted by atomic mass is 33.1. The zero-order valence-electron chi connectivity index (χ0n) is 56.6. The van der Waals surface area contributed by atoms with Crippen molar-refractivity contribution in [2.75, 3.05) is 24.6 Å². The molecule has 104 heavy (non-hydrogen) atoms. The van der Waals surface area contributed by atoms with Gasteiger partial charge in [0.15, 0.2) is 0 Å². The number of nitrogens with one attached hydrogen (secondary N) is 10. The number of H-pyrrole nitrogens is 1. The van der Waals surface area contributed by atoms with Crippen molar-refractivity contribution in [2.24, 2.45) is 17.4 Å². The number of carbonyl (C=O) groups is 14. The number of likely N-dealkylation sites (tertiary alicyclic amines) is 1. The maximum Gasteiger partial charge on any atom is 0.490 e. The molecule has 20 N–H and O–H groups in total. The number of carboxylic acid groups (broad SMARTS) is 4. The number of phenols is 1. The first-order valence-electron chi connectivity index (χ1n) is 32.8. The van der Waals surface area contributed by atoms with Gasteiger partial charge >= 0.3 is 30.1 Å². The Morgan fingerprint density at radius 3 is 1.79 bits per heavy atom. The highest BCUT2D eigenvalue weighted by molar-refractivity contribution is 8.76. The number of para-hydroxylation sites is 1. The molecule has 33 nitrogen and oxygen atoms in total. The van der Waals surface area contributed by atoms with Gasteiger partial charge in [0.2, 0.25) is 59.1 Å². The van der Waals surface area contributed by atoms with E-state index in [2.05, 4.69) is 52.8 Å². The van der Waals surface area contributed by atoms with Gasteiger partial charge in [-0.1, -0.05) is 96.1 Å². The Hall–Kier alpha value is -10.1. The van der Waals surface area contributed by atoms with Gasteiger partial charge in [-0.25, -0.2) is 9.59 Å². The summed E-state index contributed by atoms with van der Waals surface area (Å²) in [5.41, 5.74) is 13.9. The van der Waals surface area contributed by atoms with Crippen LogP contribution < -0.4 is 59.3 Å². The van der Waals surface area contributed by atoms with Gasteiger partial charge in [-0.2, -0.15) is 13.2 Å². The van der Waals surface area contributed by atoms with Gasteiger partial charge in [-0.15, -0.1) is 0 Å². The number of aromatic hydroxyl groups is 1. The van der Waals surface area contributed by atoms with E-state index >= 15 is 14.4 Å². The van der Waals surface area contributed by atoms with Crippen LogP contribution in [0.1, 0.15) is 88.8 Å². The molecule has 3 heterocycles. The second kappa shape index (κ2) is 40.7. The predicted molar refractivity (Wildman–Crippen MR) is 369 cm³/mol. The third-order valence-electron chi connectivity index (χ3n) is 16.4. The van der Waals surface area contributed by atoms with Crippen molar-refractivity contribution in [2.45, 2.75) is 170 Å². The van der Waals surface area contributed by atoms with E-state index in [1.165, 1.54) is 45.0 Å². The fourth-order valence-electron chi connectivity index (χ4n) is 10.8. The van der Waals surface area contributed by atoms with E-state index in [0.717, 1.165) is 26.5 Å². The number of benzene rings is 3. The van der Waals surface area contributed by atoms with Crippen molar-refractivity contribution in [1.29, 1.82) is 0 Å². The number of halogens is 3. The summed E-state index contributed by atoms with van der Waals surface area (Å²) in [5.74, 6) is -18.7. The molecular formula is C66H86F3N13O20S2. The van der Waals surface area contributed by atoms with E-state index in [0.29, 0.717) is 34.0 Å². The predicted octanol–water partition coefficient (Wildman–Crippen LogP) is -0.799. The molecule has 2 aliphatic rings. The number of hydrogen-bond donors (Lipinski definition) is 18. The van der Waals surface area contributed by atoms with E-state index in [9.17, 15) is 81.5 Å². The standard InChI is InChI=1S/C64H85N13O18S2.C2HF3O2/c1-33(2)52(64(94)95)75-61(91)48-32-97-96-31-47(73-59(89)46(29-51(82)83)72-62(92)49-17-11-25-77(49)63(93)53(34(3)78)76-54(84)40(66)22-23-50(80)81)60(90)70-43(26-35-12-5-4-6-13-35)56(86)71-45(28-37-30-67-41-15-8-7-14-39(37)41)58(88)68-42(16-9-10-24-65)55(85)69-44(57(87)74-48)27-36-18-20-38(79)21-19-36;3-2(4,5)1(6)7/h4-8,12-15,18-21,30,33-34,40,42-49,52-53,67,78-79H,9-11,16-17,22-29,31-32,65-66H2,1-3H3,(H,68,88)(H,69,85)(H,70,90)(H,71,86)(H,72,92)(H,73,89)(H,74,87)(H,75,91)(H,76,84)(H,80,81)(H,82,83)(H,94,95);(H,6,7). The van der Waals surface area contributed by atoms with E-state index < -0.39 is 192 Å². The Kier molecular flexibility index (Phi) is 33.1. The topological polar surface area (TPSA) is 540 Å². The monoisotopic (exact) mass is 1500 g/mol. The first kappa shape index (κ1) is 84.6. The lowest BCUT2D eigenvalue weighted by Crippen LogP contribution is -2.62. The van der Waals surface area contributed by atoms with E-state index in [1.807, 2.05) is 0 Å². The van der Waals surface area contributed by atoms with Gasteiger partial charge in [0, 0.05) is 60.8 Å². The van der Waals surface area contributed by atoms with Crippen molar-refractivity contribution >= 4 is 115 Å². The Labute approximate surface area is 601 Å². The van der Waals surface area contributed by atoms with Crippen molar-refractivity contribution in [1.82, 2.24) is 57.7 Å². The van der Waals surface area contributed by atoms with Crippen molar-refractivity contribution in [3.05, 3.63) is 102 Å². The second-order valence-electron chi connectivity index (χ2n) is 24.8. The lowest BCUT2D eigenvalue weighted by molar-refractivity contribution is -0.192. The number of aliphatic carboxylic acids is 4. The Bertz CT molecular complexity index is 3690. The van der Waals surface area contributed by atoms with Gasteiger partial charge in [-0.05, 0) is 92.8 Å². The molecule has 0 aliphatic carbocycles. The number of aliphatic hydroxyl groups is 1. The number of nitrogens with two attached hydrogens (primary N) is 2. The van der Waals surface area contributed by atoms with Gasteiger partial charge in [0.05, 0.1) is 18.6 Å². The minimum Gasteiger partial charge on any atom is -0.508 e. The van der Waals surface area contributed by atoms with Crippen LogP contribution in [0.5, 0.6) is 5.75 Å². The van der Waals surface area contributed by atoms with Crippen molar-refractivity contribution < 1.29 is 111 Å². The summed E-state index contributed by atoms with van der Waals surface area (Å²) in [6.45, 7) is 4.32.